The van der Waals surface area contributed by atoms with Crippen LogP contribution in [0.5, 0.6) is 0 Å². The van der Waals surface area contributed by atoms with Gasteiger partial charge < -0.3 is 0 Å². The van der Waals surface area contributed by atoms with Crippen molar-refractivity contribution in [3.8, 4) is 0 Å². The van der Waals surface area contributed by atoms with Crippen molar-refractivity contribution in [1.29, 1.82) is 0 Å². The first kappa shape index (κ1) is 6.49. The van der Waals surface area contributed by atoms with Crippen molar-refractivity contribution < 1.29 is 4.79 Å². The maximum Gasteiger partial charge on any atom is 0.142 e. The quantitative estimate of drug-likeness (QED) is 0.394. The van der Waals surface area contributed by atoms with Crippen molar-refractivity contribution in [3.63, 3.8) is 0 Å². The molecule has 0 radical (unpaired) electrons. The number of hydrogen-bond acceptors (Lipinski definition) is 2. The second-order valence-corrected chi connectivity index (χ2v) is 2.36. The molecule has 50 valence electrons. The molecule has 1 rings (SSSR count). The fraction of sp³-hybridized carbons (Fsp3) is 0.571. The lowest BCUT2D eigenvalue weighted by atomic mass is 10.0. The van der Waals surface area contributed by atoms with Gasteiger partial charge >= 0.3 is 0 Å². The van der Waals surface area contributed by atoms with Crippen LogP contribution in [-0.2, 0) is 4.79 Å². The number of hydrogen-bond donors (Lipinski definition) is 0. The summed E-state index contributed by atoms with van der Waals surface area (Å²) in [5, 5.41) is 0. The molecule has 0 N–H and O–H groups in total. The number of likely N-dealkylation sites (tertiary alicyclic amines) is 1. The summed E-state index contributed by atoms with van der Waals surface area (Å²) in [7, 11) is 2.06. The molecule has 0 aromatic carbocycles. The fourth-order valence-corrected chi connectivity index (χ4v) is 0.953. The Bertz CT molecular complexity index is 131. The summed E-state index contributed by atoms with van der Waals surface area (Å²) < 4.78 is 0. The Morgan fingerprint density at radius 1 is 1.67 bits per heavy atom. The van der Waals surface area contributed by atoms with E-state index in [2.05, 4.69) is 11.9 Å². The van der Waals surface area contributed by atoms with Gasteiger partial charge in [-0.25, -0.2) is 0 Å². The average Bonchev–Trinajstić information content (AvgIpc) is 1.86. The summed E-state index contributed by atoms with van der Waals surface area (Å²) in [5.74, 6) is 0. The Morgan fingerprint density at radius 2 is 2.44 bits per heavy atom. The number of nitrogens with zero attached hydrogens (tertiary/aromatic N) is 1. The van der Waals surface area contributed by atoms with Crippen molar-refractivity contribution >= 4 is 6.29 Å². The van der Waals surface area contributed by atoms with Crippen LogP contribution in [0.1, 0.15) is 6.42 Å². The highest BCUT2D eigenvalue weighted by molar-refractivity contribution is 5.64. The Balaban J connectivity index is 2.27. The molecule has 0 aromatic rings. The van der Waals surface area contributed by atoms with Gasteiger partial charge in [-0.1, -0.05) is 6.08 Å². The maximum atomic E-state index is 9.85. The second kappa shape index (κ2) is 2.78. The number of aldehydes is 1. The van der Waals surface area contributed by atoms with Gasteiger partial charge in [0.25, 0.3) is 0 Å². The molecular formula is C7H11NO. The van der Waals surface area contributed by atoms with Crippen LogP contribution in [-0.4, -0.2) is 30.8 Å². The molecule has 0 aliphatic carbocycles. The van der Waals surface area contributed by atoms with Crippen LogP contribution in [0.2, 0.25) is 0 Å². The highest BCUT2D eigenvalue weighted by Gasteiger charge is 2.20. The van der Waals surface area contributed by atoms with Gasteiger partial charge in [0.2, 0.25) is 0 Å². The maximum absolute atomic E-state index is 9.85. The molecule has 1 unspecified atom stereocenters. The Morgan fingerprint density at radius 3 is 2.78 bits per heavy atom. The van der Waals surface area contributed by atoms with Crippen molar-refractivity contribution in [2.75, 3.05) is 13.6 Å². The lowest BCUT2D eigenvalue weighted by Crippen LogP contribution is -2.42. The summed E-state index contributed by atoms with van der Waals surface area (Å²) in [5.41, 5.74) is 0. The Hall–Kier alpha value is -0.630. The molecular weight excluding hydrogens is 114 g/mol. The van der Waals surface area contributed by atoms with Crippen LogP contribution in [0.25, 0.3) is 0 Å². The van der Waals surface area contributed by atoms with E-state index in [4.69, 9.17) is 0 Å². The van der Waals surface area contributed by atoms with E-state index in [1.165, 1.54) is 6.42 Å². The predicted octanol–water partition coefficient (Wildman–Crippen LogP) is 0.446. The van der Waals surface area contributed by atoms with Crippen molar-refractivity contribution in [1.82, 2.24) is 4.90 Å². The van der Waals surface area contributed by atoms with Gasteiger partial charge in [0.1, 0.15) is 6.29 Å². The largest absolute Gasteiger partial charge is 0.300 e. The van der Waals surface area contributed by atoms with Crippen LogP contribution >= 0.6 is 0 Å². The molecule has 1 saturated heterocycles. The van der Waals surface area contributed by atoms with E-state index in [0.717, 1.165) is 12.8 Å². The van der Waals surface area contributed by atoms with Crippen LogP contribution in [0, 0.1) is 0 Å². The van der Waals surface area contributed by atoms with Gasteiger partial charge in [0, 0.05) is 12.6 Å². The van der Waals surface area contributed by atoms with Gasteiger partial charge in [-0.15, -0.1) is 0 Å². The first-order valence-electron chi connectivity index (χ1n) is 3.17. The van der Waals surface area contributed by atoms with E-state index in [9.17, 15) is 4.79 Å². The second-order valence-electron chi connectivity index (χ2n) is 2.36. The standard InChI is InChI=1S/C7H11NO/c1-8-5-4-7(8)3-2-6-9/h2-3,6-7H,4-5H2,1H3/b3-2+. The minimum atomic E-state index is 0.523. The van der Waals surface area contributed by atoms with Gasteiger partial charge in [0.15, 0.2) is 0 Å². The molecule has 1 fully saturated rings. The van der Waals surface area contributed by atoms with Crippen LogP contribution < -0.4 is 0 Å². The third-order valence-corrected chi connectivity index (χ3v) is 1.76. The average molecular weight is 125 g/mol. The van der Waals surface area contributed by atoms with E-state index >= 15 is 0 Å². The number of carbonyl (C=O) groups is 1. The van der Waals surface area contributed by atoms with Gasteiger partial charge in [-0.05, 0) is 19.5 Å². The molecule has 0 amide bonds. The third-order valence-electron chi connectivity index (χ3n) is 1.76. The van der Waals surface area contributed by atoms with Crippen LogP contribution in [0.15, 0.2) is 12.2 Å². The van der Waals surface area contributed by atoms with E-state index < -0.39 is 0 Å². The molecule has 2 nitrogen and oxygen atoms in total. The molecule has 1 atom stereocenters. The molecule has 1 aliphatic rings. The van der Waals surface area contributed by atoms with Crippen molar-refractivity contribution in [2.45, 2.75) is 12.5 Å². The van der Waals surface area contributed by atoms with E-state index in [-0.39, 0.29) is 0 Å². The highest BCUT2D eigenvalue weighted by atomic mass is 16.1. The summed E-state index contributed by atoms with van der Waals surface area (Å²) in [4.78, 5) is 12.1. The smallest absolute Gasteiger partial charge is 0.142 e. The summed E-state index contributed by atoms with van der Waals surface area (Å²) in [6.45, 7) is 1.16. The lowest BCUT2D eigenvalue weighted by Gasteiger charge is -2.35. The molecule has 0 aromatic heterocycles. The molecule has 1 heterocycles. The van der Waals surface area contributed by atoms with E-state index in [1.807, 2.05) is 6.08 Å². The molecule has 2 heteroatoms. The van der Waals surface area contributed by atoms with Gasteiger partial charge in [0.05, 0.1) is 0 Å². The van der Waals surface area contributed by atoms with Gasteiger partial charge in [-0.2, -0.15) is 0 Å². The van der Waals surface area contributed by atoms with Crippen LogP contribution in [0.3, 0.4) is 0 Å². The zero-order chi connectivity index (χ0) is 6.69. The van der Waals surface area contributed by atoms with Crippen molar-refractivity contribution in [2.24, 2.45) is 0 Å². The first-order valence-corrected chi connectivity index (χ1v) is 3.17. The monoisotopic (exact) mass is 125 g/mol. The third kappa shape index (κ3) is 1.39. The lowest BCUT2D eigenvalue weighted by molar-refractivity contribution is -0.104. The fourth-order valence-electron chi connectivity index (χ4n) is 0.953. The summed E-state index contributed by atoms with van der Waals surface area (Å²) >= 11 is 0. The van der Waals surface area contributed by atoms with E-state index in [0.29, 0.717) is 6.04 Å². The molecule has 0 spiro atoms. The Labute approximate surface area is 55.2 Å². The number of rotatable bonds is 2. The zero-order valence-electron chi connectivity index (χ0n) is 5.58. The minimum absolute atomic E-state index is 0.523. The molecule has 0 saturated carbocycles. The first-order chi connectivity index (χ1) is 4.34. The summed E-state index contributed by atoms with van der Waals surface area (Å²) in [6, 6.07) is 0.523. The van der Waals surface area contributed by atoms with E-state index in [1.54, 1.807) is 6.08 Å². The summed E-state index contributed by atoms with van der Waals surface area (Å²) in [6.07, 6.45) is 5.53. The number of likely N-dealkylation sites (N-methyl/N-ethyl adjacent to an activating group) is 1. The number of carbonyl (C=O) groups excluding carboxylic acids is 1. The molecule has 9 heavy (non-hydrogen) atoms. The van der Waals surface area contributed by atoms with Crippen molar-refractivity contribution in [3.05, 3.63) is 12.2 Å². The SMILES string of the molecule is CN1CCC1/C=C/C=O. The molecule has 0 bridgehead atoms. The van der Waals surface area contributed by atoms with Crippen LogP contribution in [0.4, 0.5) is 0 Å². The predicted molar refractivity (Wildman–Crippen MR) is 36.2 cm³/mol. The minimum Gasteiger partial charge on any atom is -0.300 e. The van der Waals surface area contributed by atoms with Gasteiger partial charge in [-0.3, -0.25) is 9.69 Å². The normalized spacial score (nSPS) is 28.3. The Kier molecular flexibility index (Phi) is 2.01. The molecule has 1 aliphatic heterocycles. The topological polar surface area (TPSA) is 20.3 Å². The number of allylic oxidation sites excluding steroid dienone is 1. The highest BCUT2D eigenvalue weighted by Crippen LogP contribution is 2.14. The zero-order valence-corrected chi connectivity index (χ0v) is 5.58.